The first-order chi connectivity index (χ1) is 10.2. The molecule has 0 bridgehead atoms. The maximum absolute atomic E-state index is 9.08. The molecule has 0 atom stereocenters. The number of hydrogen-bond acceptors (Lipinski definition) is 5. The van der Waals surface area contributed by atoms with Gasteiger partial charge in [0.1, 0.15) is 29.6 Å². The smallest absolute Gasteiger partial charge is 0.163 e. The maximum atomic E-state index is 9.08. The molecule has 0 spiro atoms. The molecule has 1 N–H and O–H groups in total. The molecule has 0 fully saturated rings. The van der Waals surface area contributed by atoms with Crippen LogP contribution in [0.25, 0.3) is 5.69 Å². The minimum Gasteiger partial charge on any atom is -0.343 e. The fourth-order valence-electron chi connectivity index (χ4n) is 1.67. The normalized spacial score (nSPS) is 9.05. The molecule has 0 saturated heterocycles. The number of benzene rings is 1. The summed E-state index contributed by atoms with van der Waals surface area (Å²) in [6.45, 7) is 0. The van der Waals surface area contributed by atoms with Crippen LogP contribution in [0.2, 0.25) is 5.02 Å². The molecular formula is C14H7ClN6. The van der Waals surface area contributed by atoms with E-state index in [-0.39, 0.29) is 11.3 Å². The van der Waals surface area contributed by atoms with Gasteiger partial charge in [-0.1, -0.05) is 17.7 Å². The zero-order valence-electron chi connectivity index (χ0n) is 10.6. The number of nitrogens with zero attached hydrogens (tertiary/aromatic N) is 5. The first kappa shape index (κ1) is 14.1. The Kier molecular flexibility index (Phi) is 4.21. The Hall–Kier alpha value is -3.27. The number of halogens is 1. The van der Waals surface area contributed by atoms with E-state index in [2.05, 4.69) is 10.4 Å². The summed E-state index contributed by atoms with van der Waals surface area (Å²) in [5.74, 6) is 0. The molecule has 100 valence electrons. The van der Waals surface area contributed by atoms with Crippen LogP contribution in [0.3, 0.4) is 0 Å². The highest BCUT2D eigenvalue weighted by atomic mass is 35.5. The molecule has 0 aliphatic heterocycles. The summed E-state index contributed by atoms with van der Waals surface area (Å²) in [4.78, 5) is 0. The van der Waals surface area contributed by atoms with Crippen molar-refractivity contribution in [2.75, 3.05) is 5.32 Å². The SMILES string of the molecule is N#CC(C#N)=C(C#N)Nc1cccc(Cl)c1-n1cccn1. The number of nitriles is 3. The van der Waals surface area contributed by atoms with E-state index in [1.807, 2.05) is 0 Å². The monoisotopic (exact) mass is 294 g/mol. The summed E-state index contributed by atoms with van der Waals surface area (Å²) < 4.78 is 1.53. The second-order valence-corrected chi connectivity index (χ2v) is 4.20. The number of anilines is 1. The van der Waals surface area contributed by atoms with Crippen LogP contribution in [0, 0.1) is 34.0 Å². The number of nitrogens with one attached hydrogen (secondary N) is 1. The Balaban J connectivity index is 2.56. The molecule has 0 radical (unpaired) electrons. The summed E-state index contributed by atoms with van der Waals surface area (Å²) >= 11 is 6.16. The second kappa shape index (κ2) is 6.25. The van der Waals surface area contributed by atoms with Gasteiger partial charge in [-0.15, -0.1) is 0 Å². The van der Waals surface area contributed by atoms with Crippen molar-refractivity contribution in [2.45, 2.75) is 0 Å². The third kappa shape index (κ3) is 2.84. The first-order valence-corrected chi connectivity index (χ1v) is 6.09. The molecule has 0 unspecified atom stereocenters. The molecule has 0 aliphatic carbocycles. The molecule has 1 heterocycles. The maximum Gasteiger partial charge on any atom is 0.163 e. The number of aromatic nitrogens is 2. The predicted molar refractivity (Wildman–Crippen MR) is 76.1 cm³/mol. The minimum absolute atomic E-state index is 0.143. The van der Waals surface area contributed by atoms with Crippen molar-refractivity contribution in [3.05, 3.63) is 53.0 Å². The van der Waals surface area contributed by atoms with Crippen LogP contribution in [0.4, 0.5) is 5.69 Å². The van der Waals surface area contributed by atoms with Crippen LogP contribution in [-0.4, -0.2) is 9.78 Å². The van der Waals surface area contributed by atoms with Crippen molar-refractivity contribution in [3.63, 3.8) is 0 Å². The summed E-state index contributed by atoms with van der Waals surface area (Å²) in [6.07, 6.45) is 3.28. The van der Waals surface area contributed by atoms with Gasteiger partial charge in [0, 0.05) is 12.4 Å². The Labute approximate surface area is 125 Å². The average molecular weight is 295 g/mol. The van der Waals surface area contributed by atoms with Gasteiger partial charge in [-0.2, -0.15) is 20.9 Å². The van der Waals surface area contributed by atoms with Crippen molar-refractivity contribution in [2.24, 2.45) is 0 Å². The fourth-order valence-corrected chi connectivity index (χ4v) is 1.93. The highest BCUT2D eigenvalue weighted by molar-refractivity contribution is 6.33. The third-order valence-corrected chi connectivity index (χ3v) is 2.87. The van der Waals surface area contributed by atoms with E-state index < -0.39 is 0 Å². The van der Waals surface area contributed by atoms with Crippen LogP contribution in [0.15, 0.2) is 47.9 Å². The van der Waals surface area contributed by atoms with Crippen LogP contribution in [0.1, 0.15) is 0 Å². The van der Waals surface area contributed by atoms with Gasteiger partial charge in [-0.05, 0) is 18.2 Å². The van der Waals surface area contributed by atoms with Crippen LogP contribution < -0.4 is 5.32 Å². The van der Waals surface area contributed by atoms with E-state index >= 15 is 0 Å². The molecule has 1 aromatic carbocycles. The van der Waals surface area contributed by atoms with E-state index in [4.69, 9.17) is 27.4 Å². The quantitative estimate of drug-likeness (QED) is 0.877. The standard InChI is InChI=1S/C14H7ClN6/c15-11-3-1-4-12(14(11)21-6-2-5-19-21)20-13(9-18)10(7-16)8-17/h1-6,20H. The van der Waals surface area contributed by atoms with Gasteiger partial charge >= 0.3 is 0 Å². The van der Waals surface area contributed by atoms with Gasteiger partial charge in [-0.25, -0.2) is 4.68 Å². The van der Waals surface area contributed by atoms with Crippen LogP contribution >= 0.6 is 11.6 Å². The highest BCUT2D eigenvalue weighted by Crippen LogP contribution is 2.29. The van der Waals surface area contributed by atoms with Gasteiger partial charge in [0.25, 0.3) is 0 Å². The van der Waals surface area contributed by atoms with Crippen molar-refractivity contribution in [1.82, 2.24) is 9.78 Å². The molecule has 2 aromatic rings. The van der Waals surface area contributed by atoms with Gasteiger partial charge < -0.3 is 5.32 Å². The largest absolute Gasteiger partial charge is 0.343 e. The van der Waals surface area contributed by atoms with E-state index in [1.165, 1.54) is 4.68 Å². The highest BCUT2D eigenvalue weighted by Gasteiger charge is 2.13. The van der Waals surface area contributed by atoms with Crippen molar-refractivity contribution in [3.8, 4) is 23.9 Å². The summed E-state index contributed by atoms with van der Waals surface area (Å²) in [5, 5.41) is 34.0. The molecule has 6 nitrogen and oxygen atoms in total. The molecule has 21 heavy (non-hydrogen) atoms. The molecular weight excluding hydrogens is 288 g/mol. The molecule has 2 rings (SSSR count). The number of para-hydroxylation sites is 1. The van der Waals surface area contributed by atoms with Gasteiger partial charge in [0.2, 0.25) is 0 Å². The third-order valence-electron chi connectivity index (χ3n) is 2.57. The van der Waals surface area contributed by atoms with Gasteiger partial charge in [-0.3, -0.25) is 0 Å². The van der Waals surface area contributed by atoms with Crippen molar-refractivity contribution < 1.29 is 0 Å². The predicted octanol–water partition coefficient (Wildman–Crippen LogP) is 2.76. The van der Waals surface area contributed by atoms with Crippen LogP contribution in [-0.2, 0) is 0 Å². The number of rotatable bonds is 3. The lowest BCUT2D eigenvalue weighted by atomic mass is 10.2. The Morgan fingerprint density at radius 3 is 2.48 bits per heavy atom. The lowest BCUT2D eigenvalue weighted by molar-refractivity contribution is 0.882. The van der Waals surface area contributed by atoms with E-state index in [0.29, 0.717) is 16.4 Å². The van der Waals surface area contributed by atoms with Gasteiger partial charge in [0.15, 0.2) is 5.57 Å². The van der Waals surface area contributed by atoms with E-state index in [1.54, 1.807) is 54.9 Å². The van der Waals surface area contributed by atoms with Crippen LogP contribution in [0.5, 0.6) is 0 Å². The first-order valence-electron chi connectivity index (χ1n) is 5.71. The number of hydrogen-bond donors (Lipinski definition) is 1. The summed E-state index contributed by atoms with van der Waals surface area (Å²) in [7, 11) is 0. The molecule has 0 aliphatic rings. The lowest BCUT2D eigenvalue weighted by Gasteiger charge is -2.12. The molecule has 7 heteroatoms. The van der Waals surface area contributed by atoms with Crippen molar-refractivity contribution in [1.29, 1.82) is 15.8 Å². The molecule has 1 aromatic heterocycles. The lowest BCUT2D eigenvalue weighted by Crippen LogP contribution is -2.06. The van der Waals surface area contributed by atoms with E-state index in [0.717, 1.165) is 0 Å². The average Bonchev–Trinajstić information content (AvgIpc) is 3.01. The number of allylic oxidation sites excluding steroid dienone is 2. The Morgan fingerprint density at radius 2 is 1.90 bits per heavy atom. The second-order valence-electron chi connectivity index (χ2n) is 3.80. The Bertz CT molecular complexity index is 799. The van der Waals surface area contributed by atoms with Gasteiger partial charge in [0.05, 0.1) is 10.7 Å². The molecule has 0 amide bonds. The zero-order valence-corrected chi connectivity index (χ0v) is 11.3. The van der Waals surface area contributed by atoms with E-state index in [9.17, 15) is 0 Å². The summed E-state index contributed by atoms with van der Waals surface area (Å²) in [5.41, 5.74) is 0.539. The fraction of sp³-hybridized carbons (Fsp3) is 0. The van der Waals surface area contributed by atoms with Crippen molar-refractivity contribution >= 4 is 17.3 Å². The topological polar surface area (TPSA) is 101 Å². The Morgan fingerprint density at radius 1 is 1.14 bits per heavy atom. The zero-order chi connectivity index (χ0) is 15.2. The molecule has 0 saturated carbocycles. The minimum atomic E-state index is -0.302. The summed E-state index contributed by atoms with van der Waals surface area (Å²) in [6, 6.07) is 11.9.